The van der Waals surface area contributed by atoms with Gasteiger partial charge in [-0.05, 0) is 43.9 Å². The van der Waals surface area contributed by atoms with Crippen LogP contribution in [-0.4, -0.2) is 26.3 Å². The van der Waals surface area contributed by atoms with Crippen molar-refractivity contribution in [2.24, 2.45) is 5.92 Å². The maximum absolute atomic E-state index is 5.40. The van der Waals surface area contributed by atoms with E-state index in [1.807, 2.05) is 6.07 Å². The van der Waals surface area contributed by atoms with Crippen molar-refractivity contribution in [2.75, 3.05) is 20.3 Å². The maximum atomic E-state index is 5.40. The van der Waals surface area contributed by atoms with Crippen molar-refractivity contribution in [1.82, 2.24) is 5.32 Å². The first-order valence-electron chi connectivity index (χ1n) is 7.02. The lowest BCUT2D eigenvalue weighted by Gasteiger charge is -2.25. The van der Waals surface area contributed by atoms with Gasteiger partial charge in [0.05, 0.1) is 6.26 Å². The van der Waals surface area contributed by atoms with Crippen LogP contribution in [0.2, 0.25) is 0 Å². The SMILES string of the molecule is CCCNC(CCc1ccco1)C(C)CCOC. The van der Waals surface area contributed by atoms with Crippen LogP contribution >= 0.6 is 0 Å². The topological polar surface area (TPSA) is 34.4 Å². The molecule has 0 aromatic carbocycles. The normalized spacial score (nSPS) is 14.6. The lowest BCUT2D eigenvalue weighted by atomic mass is 9.94. The van der Waals surface area contributed by atoms with Crippen molar-refractivity contribution < 1.29 is 9.15 Å². The fourth-order valence-electron chi connectivity index (χ4n) is 2.18. The molecule has 0 saturated carbocycles. The van der Waals surface area contributed by atoms with Gasteiger partial charge in [0.1, 0.15) is 5.76 Å². The predicted molar refractivity (Wildman–Crippen MR) is 74.8 cm³/mol. The Labute approximate surface area is 111 Å². The molecule has 0 amide bonds. The van der Waals surface area contributed by atoms with Gasteiger partial charge in [-0.25, -0.2) is 0 Å². The van der Waals surface area contributed by atoms with Crippen molar-refractivity contribution in [3.05, 3.63) is 24.2 Å². The highest BCUT2D eigenvalue weighted by Crippen LogP contribution is 2.15. The van der Waals surface area contributed by atoms with Gasteiger partial charge in [-0.15, -0.1) is 0 Å². The molecule has 104 valence electrons. The summed E-state index contributed by atoms with van der Waals surface area (Å²) in [5, 5.41) is 3.64. The zero-order chi connectivity index (χ0) is 13.2. The van der Waals surface area contributed by atoms with Crippen LogP contribution in [0.3, 0.4) is 0 Å². The lowest BCUT2D eigenvalue weighted by molar-refractivity contribution is 0.168. The second kappa shape index (κ2) is 9.17. The third kappa shape index (κ3) is 5.69. The molecular weight excluding hydrogens is 226 g/mol. The first-order chi connectivity index (χ1) is 8.77. The summed E-state index contributed by atoms with van der Waals surface area (Å²) in [4.78, 5) is 0. The van der Waals surface area contributed by atoms with Crippen LogP contribution in [0, 0.1) is 5.92 Å². The van der Waals surface area contributed by atoms with Gasteiger partial charge < -0.3 is 14.5 Å². The molecule has 2 atom stereocenters. The molecule has 0 radical (unpaired) electrons. The standard InChI is InChI=1S/C15H27NO2/c1-4-10-16-15(13(2)9-12-17-3)8-7-14-6-5-11-18-14/h5-6,11,13,15-16H,4,7-10,12H2,1-3H3. The molecule has 0 aliphatic heterocycles. The minimum absolute atomic E-state index is 0.546. The van der Waals surface area contributed by atoms with E-state index >= 15 is 0 Å². The van der Waals surface area contributed by atoms with E-state index in [1.54, 1.807) is 13.4 Å². The van der Waals surface area contributed by atoms with Crippen molar-refractivity contribution in [3.8, 4) is 0 Å². The second-order valence-corrected chi connectivity index (χ2v) is 4.94. The average Bonchev–Trinajstić information content (AvgIpc) is 2.89. The van der Waals surface area contributed by atoms with E-state index in [9.17, 15) is 0 Å². The minimum atomic E-state index is 0.546. The fourth-order valence-corrected chi connectivity index (χ4v) is 2.18. The molecule has 3 heteroatoms. The molecule has 1 aromatic heterocycles. The number of rotatable bonds is 10. The first-order valence-corrected chi connectivity index (χ1v) is 7.02. The van der Waals surface area contributed by atoms with Crippen LogP contribution in [-0.2, 0) is 11.2 Å². The Balaban J connectivity index is 2.38. The number of methoxy groups -OCH3 is 1. The van der Waals surface area contributed by atoms with Crippen molar-refractivity contribution in [1.29, 1.82) is 0 Å². The average molecular weight is 253 g/mol. The number of ether oxygens (including phenoxy) is 1. The number of hydrogen-bond donors (Lipinski definition) is 1. The predicted octanol–water partition coefficient (Wildman–Crippen LogP) is 3.25. The van der Waals surface area contributed by atoms with Gasteiger partial charge in [-0.3, -0.25) is 0 Å². The minimum Gasteiger partial charge on any atom is -0.469 e. The number of hydrogen-bond acceptors (Lipinski definition) is 3. The molecule has 0 aliphatic carbocycles. The molecule has 1 rings (SSSR count). The smallest absolute Gasteiger partial charge is 0.103 e. The molecule has 1 N–H and O–H groups in total. The molecular formula is C15H27NO2. The number of aryl methyl sites for hydroxylation is 1. The van der Waals surface area contributed by atoms with E-state index in [-0.39, 0.29) is 0 Å². The Bertz CT molecular complexity index is 285. The second-order valence-electron chi connectivity index (χ2n) is 4.94. The van der Waals surface area contributed by atoms with Gasteiger partial charge >= 0.3 is 0 Å². The van der Waals surface area contributed by atoms with Gasteiger partial charge in [-0.2, -0.15) is 0 Å². The van der Waals surface area contributed by atoms with E-state index in [0.29, 0.717) is 12.0 Å². The zero-order valence-corrected chi connectivity index (χ0v) is 11.9. The van der Waals surface area contributed by atoms with Crippen LogP contribution in [0.4, 0.5) is 0 Å². The largest absolute Gasteiger partial charge is 0.469 e. The van der Waals surface area contributed by atoms with Gasteiger partial charge in [0.25, 0.3) is 0 Å². The Morgan fingerprint density at radius 3 is 2.83 bits per heavy atom. The lowest BCUT2D eigenvalue weighted by Crippen LogP contribution is -2.36. The van der Waals surface area contributed by atoms with Crippen molar-refractivity contribution in [2.45, 2.75) is 45.6 Å². The van der Waals surface area contributed by atoms with Crippen LogP contribution in [0.1, 0.15) is 38.9 Å². The number of furan rings is 1. The van der Waals surface area contributed by atoms with E-state index in [2.05, 4.69) is 25.2 Å². The third-order valence-corrected chi connectivity index (χ3v) is 3.40. The quantitative estimate of drug-likeness (QED) is 0.695. The first kappa shape index (κ1) is 15.3. The van der Waals surface area contributed by atoms with Gasteiger partial charge in [-0.1, -0.05) is 13.8 Å². The van der Waals surface area contributed by atoms with E-state index in [4.69, 9.17) is 9.15 Å². The maximum Gasteiger partial charge on any atom is 0.103 e. The van der Waals surface area contributed by atoms with Crippen LogP contribution in [0.25, 0.3) is 0 Å². The Morgan fingerprint density at radius 1 is 1.39 bits per heavy atom. The molecule has 3 nitrogen and oxygen atoms in total. The summed E-state index contributed by atoms with van der Waals surface area (Å²) in [6, 6.07) is 4.56. The highest BCUT2D eigenvalue weighted by Gasteiger charge is 2.16. The van der Waals surface area contributed by atoms with Gasteiger partial charge in [0.2, 0.25) is 0 Å². The summed E-state index contributed by atoms with van der Waals surface area (Å²) >= 11 is 0. The third-order valence-electron chi connectivity index (χ3n) is 3.40. The Morgan fingerprint density at radius 2 is 2.22 bits per heavy atom. The monoisotopic (exact) mass is 253 g/mol. The summed E-state index contributed by atoms with van der Waals surface area (Å²) in [6.07, 6.45) is 6.16. The highest BCUT2D eigenvalue weighted by atomic mass is 16.5. The molecule has 0 bridgehead atoms. The summed E-state index contributed by atoms with van der Waals surface area (Å²) in [5.74, 6) is 1.71. The van der Waals surface area contributed by atoms with Crippen LogP contribution < -0.4 is 5.32 Å². The molecule has 0 fully saturated rings. The molecule has 1 aromatic rings. The summed E-state index contributed by atoms with van der Waals surface area (Å²) in [5.41, 5.74) is 0. The van der Waals surface area contributed by atoms with Crippen molar-refractivity contribution in [3.63, 3.8) is 0 Å². The van der Waals surface area contributed by atoms with Gasteiger partial charge in [0, 0.05) is 26.2 Å². The van der Waals surface area contributed by atoms with E-state index in [0.717, 1.165) is 38.2 Å². The van der Waals surface area contributed by atoms with E-state index < -0.39 is 0 Å². The molecule has 1 heterocycles. The summed E-state index contributed by atoms with van der Waals surface area (Å²) in [6.45, 7) is 6.43. The summed E-state index contributed by atoms with van der Waals surface area (Å²) in [7, 11) is 1.77. The Hall–Kier alpha value is -0.800. The molecule has 0 saturated heterocycles. The van der Waals surface area contributed by atoms with E-state index in [1.165, 1.54) is 6.42 Å². The highest BCUT2D eigenvalue weighted by molar-refractivity contribution is 4.98. The Kier molecular flexibility index (Phi) is 7.78. The number of nitrogens with one attached hydrogen (secondary N) is 1. The molecule has 0 spiro atoms. The fraction of sp³-hybridized carbons (Fsp3) is 0.733. The van der Waals surface area contributed by atoms with Crippen LogP contribution in [0.5, 0.6) is 0 Å². The summed E-state index contributed by atoms with van der Waals surface area (Å²) < 4.78 is 10.6. The molecule has 0 aliphatic rings. The van der Waals surface area contributed by atoms with Gasteiger partial charge in [0.15, 0.2) is 0 Å². The van der Waals surface area contributed by atoms with Crippen molar-refractivity contribution >= 4 is 0 Å². The molecule has 18 heavy (non-hydrogen) atoms. The van der Waals surface area contributed by atoms with Crippen LogP contribution in [0.15, 0.2) is 22.8 Å². The molecule has 2 unspecified atom stereocenters. The zero-order valence-electron chi connectivity index (χ0n) is 11.9.